The maximum Gasteiger partial charge on any atom is 0.216 e. The van der Waals surface area contributed by atoms with Crippen LogP contribution in [0.4, 0.5) is 4.39 Å². The summed E-state index contributed by atoms with van der Waals surface area (Å²) in [5.74, 6) is -0.665. The molecule has 0 aromatic heterocycles. The summed E-state index contributed by atoms with van der Waals surface area (Å²) in [5.41, 5.74) is 5.44. The third-order valence-corrected chi connectivity index (χ3v) is 5.89. The van der Waals surface area contributed by atoms with Crippen LogP contribution in [0.5, 0.6) is 0 Å². The zero-order valence-corrected chi connectivity index (χ0v) is 14.4. The minimum Gasteiger partial charge on any atom is -0.329 e. The van der Waals surface area contributed by atoms with Gasteiger partial charge in [-0.3, -0.25) is 0 Å². The summed E-state index contributed by atoms with van der Waals surface area (Å²) >= 11 is 0. The van der Waals surface area contributed by atoms with Crippen LogP contribution in [-0.4, -0.2) is 20.5 Å². The van der Waals surface area contributed by atoms with E-state index >= 15 is 0 Å². The van der Waals surface area contributed by atoms with Gasteiger partial charge in [-0.1, -0.05) is 38.0 Å². The molecule has 2 unspecified atom stereocenters. The topological polar surface area (TPSA) is 72.2 Å². The average molecular weight is 351 g/mol. The van der Waals surface area contributed by atoms with Gasteiger partial charge in [0.1, 0.15) is 5.82 Å². The van der Waals surface area contributed by atoms with Gasteiger partial charge in [0.05, 0.1) is 5.75 Å². The van der Waals surface area contributed by atoms with Crippen LogP contribution in [0.1, 0.15) is 38.2 Å². The zero-order valence-electron chi connectivity index (χ0n) is 12.7. The van der Waals surface area contributed by atoms with Gasteiger partial charge in [-0.05, 0) is 24.8 Å². The van der Waals surface area contributed by atoms with Crippen LogP contribution in [0.15, 0.2) is 24.3 Å². The predicted molar refractivity (Wildman–Crippen MR) is 88.8 cm³/mol. The van der Waals surface area contributed by atoms with Crippen molar-refractivity contribution < 1.29 is 12.8 Å². The molecule has 22 heavy (non-hydrogen) atoms. The van der Waals surface area contributed by atoms with E-state index in [1.54, 1.807) is 12.1 Å². The highest BCUT2D eigenvalue weighted by molar-refractivity contribution is 7.88. The van der Waals surface area contributed by atoms with Gasteiger partial charge >= 0.3 is 0 Å². The molecular weight excluding hydrogens is 327 g/mol. The first-order valence-corrected chi connectivity index (χ1v) is 8.99. The van der Waals surface area contributed by atoms with Crippen LogP contribution in [0.2, 0.25) is 0 Å². The molecule has 0 spiro atoms. The average Bonchev–Trinajstić information content (AvgIpc) is 2.43. The quantitative estimate of drug-likeness (QED) is 0.857. The van der Waals surface area contributed by atoms with Crippen LogP contribution in [-0.2, 0) is 15.8 Å². The van der Waals surface area contributed by atoms with E-state index in [0.29, 0.717) is 0 Å². The van der Waals surface area contributed by atoms with Gasteiger partial charge < -0.3 is 5.73 Å². The first-order chi connectivity index (χ1) is 9.88. The molecule has 7 heteroatoms. The molecule has 0 radical (unpaired) electrons. The fraction of sp³-hybridized carbons (Fsp3) is 0.600. The Kier molecular flexibility index (Phi) is 6.80. The van der Waals surface area contributed by atoms with Gasteiger partial charge in [0, 0.05) is 17.6 Å². The number of rotatable bonds is 5. The lowest BCUT2D eigenvalue weighted by atomic mass is 9.74. The molecule has 1 aliphatic carbocycles. The highest BCUT2D eigenvalue weighted by Gasteiger charge is 2.40. The summed E-state index contributed by atoms with van der Waals surface area (Å²) in [5, 5.41) is 0. The molecule has 2 rings (SSSR count). The molecule has 126 valence electrons. The second-order valence-corrected chi connectivity index (χ2v) is 7.68. The maximum atomic E-state index is 13.6. The van der Waals surface area contributed by atoms with Crippen LogP contribution in [0.25, 0.3) is 0 Å². The third kappa shape index (κ3) is 4.41. The number of nitrogens with one attached hydrogen (secondary N) is 1. The number of nitrogens with two attached hydrogens (primary N) is 1. The standard InChI is InChI=1S/C15H23FN2O2S.ClH/c1-12-6-4-5-9-15(12,11-17)18-21(19,20)10-13-7-2-3-8-14(13)16;/h2-3,7-8,12,18H,4-6,9-11,17H2,1H3;1H. The fourth-order valence-electron chi connectivity index (χ4n) is 3.08. The lowest BCUT2D eigenvalue weighted by Gasteiger charge is -2.42. The third-order valence-electron chi connectivity index (χ3n) is 4.48. The van der Waals surface area contributed by atoms with Crippen molar-refractivity contribution in [1.29, 1.82) is 0 Å². The van der Waals surface area contributed by atoms with Crippen LogP contribution >= 0.6 is 12.4 Å². The molecule has 4 nitrogen and oxygen atoms in total. The van der Waals surface area contributed by atoms with Crippen molar-refractivity contribution in [3.05, 3.63) is 35.6 Å². The smallest absolute Gasteiger partial charge is 0.216 e. The summed E-state index contributed by atoms with van der Waals surface area (Å²) in [6.45, 7) is 2.29. The van der Waals surface area contributed by atoms with Crippen molar-refractivity contribution in [2.24, 2.45) is 11.7 Å². The molecule has 1 fully saturated rings. The van der Waals surface area contributed by atoms with E-state index in [0.717, 1.165) is 25.7 Å². The molecule has 0 amide bonds. The zero-order chi connectivity index (χ0) is 15.5. The van der Waals surface area contributed by atoms with Crippen LogP contribution in [0.3, 0.4) is 0 Å². The summed E-state index contributed by atoms with van der Waals surface area (Å²) < 4.78 is 41.2. The largest absolute Gasteiger partial charge is 0.329 e. The van der Waals surface area contributed by atoms with Crippen molar-refractivity contribution in [2.75, 3.05) is 6.54 Å². The Morgan fingerprint density at radius 2 is 2.05 bits per heavy atom. The van der Waals surface area contributed by atoms with Crippen molar-refractivity contribution in [3.8, 4) is 0 Å². The maximum absolute atomic E-state index is 13.6. The Morgan fingerprint density at radius 1 is 1.36 bits per heavy atom. The van der Waals surface area contributed by atoms with E-state index in [9.17, 15) is 12.8 Å². The summed E-state index contributed by atoms with van der Waals surface area (Å²) in [4.78, 5) is 0. The Bertz CT molecular complexity index is 597. The van der Waals surface area contributed by atoms with Crippen molar-refractivity contribution in [3.63, 3.8) is 0 Å². The van der Waals surface area contributed by atoms with E-state index in [1.807, 2.05) is 6.92 Å². The Hall–Kier alpha value is -0.690. The number of halogens is 2. The van der Waals surface area contributed by atoms with Crippen molar-refractivity contribution >= 4 is 22.4 Å². The van der Waals surface area contributed by atoms with Crippen LogP contribution in [0, 0.1) is 11.7 Å². The lowest BCUT2D eigenvalue weighted by Crippen LogP contribution is -2.59. The summed E-state index contributed by atoms with van der Waals surface area (Å²) in [6, 6.07) is 5.94. The molecule has 0 aliphatic heterocycles. The monoisotopic (exact) mass is 350 g/mol. The minimum absolute atomic E-state index is 0. The van der Waals surface area contributed by atoms with E-state index in [2.05, 4.69) is 4.72 Å². The molecule has 0 bridgehead atoms. The first kappa shape index (κ1) is 19.4. The van der Waals surface area contributed by atoms with E-state index < -0.39 is 21.4 Å². The predicted octanol–water partition coefficient (Wildman–Crippen LogP) is 2.57. The van der Waals surface area contributed by atoms with Gasteiger partial charge in [0.2, 0.25) is 10.0 Å². The Labute approximate surface area is 138 Å². The second kappa shape index (κ2) is 7.73. The van der Waals surface area contributed by atoms with E-state index in [-0.39, 0.29) is 36.2 Å². The molecule has 1 aromatic rings. The van der Waals surface area contributed by atoms with Crippen molar-refractivity contribution in [2.45, 2.75) is 43.9 Å². The number of hydrogen-bond acceptors (Lipinski definition) is 3. The number of benzene rings is 1. The molecule has 0 saturated heterocycles. The molecule has 1 saturated carbocycles. The molecule has 1 aliphatic rings. The van der Waals surface area contributed by atoms with E-state index in [1.165, 1.54) is 12.1 Å². The van der Waals surface area contributed by atoms with Crippen molar-refractivity contribution in [1.82, 2.24) is 4.72 Å². The summed E-state index contributed by atoms with van der Waals surface area (Å²) in [6.07, 6.45) is 3.75. The lowest BCUT2D eigenvalue weighted by molar-refractivity contribution is 0.191. The second-order valence-electron chi connectivity index (χ2n) is 5.96. The molecule has 2 atom stereocenters. The summed E-state index contributed by atoms with van der Waals surface area (Å²) in [7, 11) is -3.63. The van der Waals surface area contributed by atoms with Gasteiger partial charge in [0.25, 0.3) is 0 Å². The van der Waals surface area contributed by atoms with E-state index in [4.69, 9.17) is 5.73 Å². The van der Waals surface area contributed by atoms with Crippen LogP contribution < -0.4 is 10.5 Å². The molecule has 1 aromatic carbocycles. The molecule has 0 heterocycles. The molecular formula is C15H24ClFN2O2S. The van der Waals surface area contributed by atoms with Gasteiger partial charge in [-0.2, -0.15) is 0 Å². The molecule has 3 N–H and O–H groups in total. The highest BCUT2D eigenvalue weighted by Crippen LogP contribution is 2.33. The highest BCUT2D eigenvalue weighted by atomic mass is 35.5. The Balaban J connectivity index is 0.00000242. The first-order valence-electron chi connectivity index (χ1n) is 7.34. The fourth-order valence-corrected chi connectivity index (χ4v) is 4.80. The SMILES string of the molecule is CC1CCCCC1(CN)NS(=O)(=O)Cc1ccccc1F.Cl. The normalized spacial score (nSPS) is 25.5. The number of sulfonamides is 1. The Morgan fingerprint density at radius 3 is 2.64 bits per heavy atom. The number of hydrogen-bond donors (Lipinski definition) is 2. The minimum atomic E-state index is -3.63. The van der Waals surface area contributed by atoms with Gasteiger partial charge in [0.15, 0.2) is 0 Å². The van der Waals surface area contributed by atoms with Gasteiger partial charge in [-0.25, -0.2) is 17.5 Å². The van der Waals surface area contributed by atoms with Gasteiger partial charge in [-0.15, -0.1) is 12.4 Å².